The second kappa shape index (κ2) is 5.81. The van der Waals surface area contributed by atoms with Gasteiger partial charge in [-0.15, -0.1) is 0 Å². The van der Waals surface area contributed by atoms with E-state index in [1.807, 2.05) is 0 Å². The van der Waals surface area contributed by atoms with Crippen LogP contribution < -0.4 is 0 Å². The molecule has 0 amide bonds. The molecule has 0 aliphatic heterocycles. The molecule has 0 atom stereocenters. The fraction of sp³-hybridized carbons (Fsp3) is 0.167. The number of hydrogen-bond donors (Lipinski definition) is 3. The lowest BCUT2D eigenvalue weighted by molar-refractivity contribution is 0.0681. The van der Waals surface area contributed by atoms with Crippen LogP contribution in [0.5, 0.6) is 0 Å². The van der Waals surface area contributed by atoms with Crippen molar-refractivity contribution in [3.05, 3.63) is 41.0 Å². The maximum Gasteiger partial charge on any atom is 0.336 e. The predicted molar refractivity (Wildman–Crippen MR) is 61.1 cm³/mol. The summed E-state index contributed by atoms with van der Waals surface area (Å²) in [6.45, 7) is -0.0441. The summed E-state index contributed by atoms with van der Waals surface area (Å²) in [5.74, 6) is -2.23. The molecule has 1 rings (SSSR count). The van der Waals surface area contributed by atoms with Crippen LogP contribution in [0.25, 0.3) is 6.08 Å². The Bertz CT molecular complexity index is 462. The summed E-state index contributed by atoms with van der Waals surface area (Å²) in [6, 6.07) is 3.79. The van der Waals surface area contributed by atoms with Crippen LogP contribution in [0.15, 0.2) is 24.3 Å². The van der Waals surface area contributed by atoms with Crippen LogP contribution in [-0.4, -0.2) is 33.9 Å². The van der Waals surface area contributed by atoms with E-state index in [9.17, 15) is 9.59 Å². The highest BCUT2D eigenvalue weighted by molar-refractivity contribution is 5.95. The zero-order valence-corrected chi connectivity index (χ0v) is 8.96. The van der Waals surface area contributed by atoms with E-state index in [0.29, 0.717) is 12.0 Å². The normalized spacial score (nSPS) is 10.6. The minimum atomic E-state index is -1.12. The molecule has 0 bridgehead atoms. The van der Waals surface area contributed by atoms with Gasteiger partial charge in [0.1, 0.15) is 0 Å². The largest absolute Gasteiger partial charge is 0.478 e. The molecule has 1 aromatic rings. The fourth-order valence-electron chi connectivity index (χ4n) is 1.31. The Labute approximate surface area is 97.6 Å². The summed E-state index contributed by atoms with van der Waals surface area (Å²) in [5.41, 5.74) is 0.369. The van der Waals surface area contributed by atoms with Gasteiger partial charge < -0.3 is 15.3 Å². The Morgan fingerprint density at radius 1 is 1.18 bits per heavy atom. The molecule has 90 valence electrons. The highest BCUT2D eigenvalue weighted by Crippen LogP contribution is 2.14. The highest BCUT2D eigenvalue weighted by Gasteiger charge is 2.11. The molecule has 0 heterocycles. The monoisotopic (exact) mass is 236 g/mol. The molecule has 5 heteroatoms. The van der Waals surface area contributed by atoms with E-state index in [1.54, 1.807) is 6.08 Å². The number of aliphatic hydroxyl groups excluding tert-OH is 1. The molecule has 0 aliphatic carbocycles. The molecule has 0 aromatic heterocycles. The lowest BCUT2D eigenvalue weighted by atomic mass is 10.0. The van der Waals surface area contributed by atoms with Crippen molar-refractivity contribution in [3.8, 4) is 0 Å². The smallest absolute Gasteiger partial charge is 0.336 e. The zero-order chi connectivity index (χ0) is 12.8. The number of carboxylic acids is 2. The quantitative estimate of drug-likeness (QED) is 0.719. The molecule has 0 radical (unpaired) electrons. The van der Waals surface area contributed by atoms with Gasteiger partial charge in [0.25, 0.3) is 0 Å². The molecule has 0 spiro atoms. The van der Waals surface area contributed by atoms with Crippen molar-refractivity contribution in [2.75, 3.05) is 6.61 Å². The molecule has 0 saturated heterocycles. The van der Waals surface area contributed by atoms with Crippen LogP contribution >= 0.6 is 0 Å². The van der Waals surface area contributed by atoms with Crippen LogP contribution in [-0.2, 0) is 0 Å². The minimum absolute atomic E-state index is 0.0265. The highest BCUT2D eigenvalue weighted by atomic mass is 16.4. The molecule has 0 fully saturated rings. The van der Waals surface area contributed by atoms with E-state index in [1.165, 1.54) is 24.3 Å². The van der Waals surface area contributed by atoms with Gasteiger partial charge in [-0.2, -0.15) is 0 Å². The van der Waals surface area contributed by atoms with Gasteiger partial charge in [0.2, 0.25) is 0 Å². The van der Waals surface area contributed by atoms with Gasteiger partial charge in [0.15, 0.2) is 0 Å². The third-order valence-corrected chi connectivity index (χ3v) is 2.12. The van der Waals surface area contributed by atoms with Crippen molar-refractivity contribution >= 4 is 18.0 Å². The topological polar surface area (TPSA) is 94.8 Å². The second-order valence-electron chi connectivity index (χ2n) is 3.33. The summed E-state index contributed by atoms with van der Waals surface area (Å²) in [7, 11) is 0. The van der Waals surface area contributed by atoms with Crippen molar-refractivity contribution in [2.45, 2.75) is 6.42 Å². The van der Waals surface area contributed by atoms with Gasteiger partial charge in [-0.05, 0) is 30.2 Å². The maximum atomic E-state index is 10.9. The van der Waals surface area contributed by atoms with Crippen molar-refractivity contribution in [1.82, 2.24) is 0 Å². The van der Waals surface area contributed by atoms with Crippen molar-refractivity contribution in [2.24, 2.45) is 0 Å². The van der Waals surface area contributed by atoms with Gasteiger partial charge >= 0.3 is 11.9 Å². The summed E-state index contributed by atoms with van der Waals surface area (Å²) in [6.07, 6.45) is 3.47. The SMILES string of the molecule is O=C(O)c1ccc(C(=O)O)c(C=CCCO)c1. The van der Waals surface area contributed by atoms with Crippen LogP contribution in [0.4, 0.5) is 0 Å². The Balaban J connectivity index is 3.16. The maximum absolute atomic E-state index is 10.9. The van der Waals surface area contributed by atoms with E-state index in [0.717, 1.165) is 0 Å². The number of aromatic carboxylic acids is 2. The number of rotatable bonds is 5. The predicted octanol–water partition coefficient (Wildman–Crippen LogP) is 1.48. The first-order valence-corrected chi connectivity index (χ1v) is 4.94. The summed E-state index contributed by atoms with van der Waals surface area (Å²) >= 11 is 0. The number of hydrogen-bond acceptors (Lipinski definition) is 3. The molecular formula is C12H12O5. The third kappa shape index (κ3) is 3.42. The molecule has 17 heavy (non-hydrogen) atoms. The Morgan fingerprint density at radius 2 is 1.88 bits per heavy atom. The van der Waals surface area contributed by atoms with Crippen LogP contribution in [0.3, 0.4) is 0 Å². The summed E-state index contributed by atoms with van der Waals surface area (Å²) in [5, 5.41) is 26.3. The average Bonchev–Trinajstić information content (AvgIpc) is 2.28. The molecule has 5 nitrogen and oxygen atoms in total. The summed E-state index contributed by atoms with van der Waals surface area (Å²) in [4.78, 5) is 21.7. The Kier molecular flexibility index (Phi) is 4.42. The van der Waals surface area contributed by atoms with Crippen LogP contribution in [0, 0.1) is 0 Å². The standard InChI is InChI=1S/C12H12O5/c13-6-2-1-3-8-7-9(11(14)15)4-5-10(8)12(16)17/h1,3-5,7,13H,2,6H2,(H,14,15)(H,16,17). The van der Waals surface area contributed by atoms with Crippen LogP contribution in [0.2, 0.25) is 0 Å². The van der Waals surface area contributed by atoms with Gasteiger partial charge in [-0.3, -0.25) is 0 Å². The minimum Gasteiger partial charge on any atom is -0.478 e. The number of carboxylic acid groups (broad SMARTS) is 2. The lowest BCUT2D eigenvalue weighted by Crippen LogP contribution is -2.03. The van der Waals surface area contributed by atoms with Crippen molar-refractivity contribution in [1.29, 1.82) is 0 Å². The van der Waals surface area contributed by atoms with E-state index in [2.05, 4.69) is 0 Å². The van der Waals surface area contributed by atoms with Crippen LogP contribution in [0.1, 0.15) is 32.7 Å². The molecular weight excluding hydrogens is 224 g/mol. The van der Waals surface area contributed by atoms with E-state index in [4.69, 9.17) is 15.3 Å². The molecule has 0 unspecified atom stereocenters. The van der Waals surface area contributed by atoms with Crippen molar-refractivity contribution < 1.29 is 24.9 Å². The first-order chi connectivity index (χ1) is 8.06. The summed E-state index contributed by atoms with van der Waals surface area (Å²) < 4.78 is 0. The lowest BCUT2D eigenvalue weighted by Gasteiger charge is -2.02. The zero-order valence-electron chi connectivity index (χ0n) is 8.96. The van der Waals surface area contributed by atoms with E-state index in [-0.39, 0.29) is 17.7 Å². The van der Waals surface area contributed by atoms with Gasteiger partial charge in [0, 0.05) is 6.61 Å². The van der Waals surface area contributed by atoms with Gasteiger partial charge in [-0.25, -0.2) is 9.59 Å². The number of carbonyl (C=O) groups is 2. The van der Waals surface area contributed by atoms with Crippen molar-refractivity contribution in [3.63, 3.8) is 0 Å². The first kappa shape index (κ1) is 12.9. The van der Waals surface area contributed by atoms with Gasteiger partial charge in [-0.1, -0.05) is 12.2 Å². The Morgan fingerprint density at radius 3 is 2.41 bits per heavy atom. The first-order valence-electron chi connectivity index (χ1n) is 4.94. The number of benzene rings is 1. The second-order valence-corrected chi connectivity index (χ2v) is 3.33. The molecule has 3 N–H and O–H groups in total. The Hall–Kier alpha value is -2.14. The molecule has 1 aromatic carbocycles. The molecule has 0 aliphatic rings. The van der Waals surface area contributed by atoms with E-state index < -0.39 is 11.9 Å². The average molecular weight is 236 g/mol. The van der Waals surface area contributed by atoms with E-state index >= 15 is 0 Å². The fourth-order valence-corrected chi connectivity index (χ4v) is 1.31. The number of aliphatic hydroxyl groups is 1. The third-order valence-electron chi connectivity index (χ3n) is 2.12. The van der Waals surface area contributed by atoms with Gasteiger partial charge in [0.05, 0.1) is 11.1 Å². The molecule has 0 saturated carbocycles.